The highest BCUT2D eigenvalue weighted by Crippen LogP contribution is 2.20. The molecule has 118 valence electrons. The molecule has 2 aromatic rings. The van der Waals surface area contributed by atoms with Crippen LogP contribution in [0, 0.1) is 11.3 Å². The number of halogens is 1. The van der Waals surface area contributed by atoms with E-state index in [4.69, 9.17) is 16.9 Å². The van der Waals surface area contributed by atoms with Gasteiger partial charge in [-0.3, -0.25) is 0 Å². The lowest BCUT2D eigenvalue weighted by atomic mass is 10.1. The molecule has 0 aliphatic carbocycles. The summed E-state index contributed by atoms with van der Waals surface area (Å²) < 4.78 is 0. The van der Waals surface area contributed by atoms with Gasteiger partial charge in [-0.05, 0) is 30.2 Å². The summed E-state index contributed by atoms with van der Waals surface area (Å²) >= 11 is 5.90. The van der Waals surface area contributed by atoms with Gasteiger partial charge in [-0.25, -0.2) is 4.79 Å². The van der Waals surface area contributed by atoms with Gasteiger partial charge in [0.25, 0.3) is 0 Å². The topological polar surface area (TPSA) is 85.2 Å². The van der Waals surface area contributed by atoms with Gasteiger partial charge in [-0.15, -0.1) is 0 Å². The van der Waals surface area contributed by atoms with Gasteiger partial charge in [0.1, 0.15) is 6.07 Å². The molecule has 0 heterocycles. The third kappa shape index (κ3) is 4.99. The van der Waals surface area contributed by atoms with Crippen molar-refractivity contribution >= 4 is 23.3 Å². The molecule has 0 saturated heterocycles. The lowest BCUT2D eigenvalue weighted by molar-refractivity contribution is 0.167. The lowest BCUT2D eigenvalue weighted by Gasteiger charge is -2.12. The van der Waals surface area contributed by atoms with Crippen LogP contribution in [0.5, 0.6) is 0 Å². The van der Waals surface area contributed by atoms with Crippen molar-refractivity contribution in [2.75, 3.05) is 11.9 Å². The number of aliphatic hydroxyl groups is 1. The summed E-state index contributed by atoms with van der Waals surface area (Å²) in [6, 6.07) is 15.5. The van der Waals surface area contributed by atoms with Crippen LogP contribution in [-0.4, -0.2) is 17.7 Å². The number of hydrogen-bond donors (Lipinski definition) is 3. The second-order valence-electron chi connectivity index (χ2n) is 4.90. The van der Waals surface area contributed by atoms with Crippen molar-refractivity contribution in [3.05, 3.63) is 64.7 Å². The summed E-state index contributed by atoms with van der Waals surface area (Å²) in [5.74, 6) is 0. The molecule has 0 radical (unpaired) electrons. The first-order valence-corrected chi connectivity index (χ1v) is 7.45. The maximum Gasteiger partial charge on any atom is 0.319 e. The summed E-state index contributed by atoms with van der Waals surface area (Å²) in [6.07, 6.45) is -0.216. The zero-order valence-corrected chi connectivity index (χ0v) is 13.0. The molecule has 0 aromatic heterocycles. The normalized spacial score (nSPS) is 11.3. The Hall–Kier alpha value is -2.55. The molecule has 0 saturated carbocycles. The van der Waals surface area contributed by atoms with Crippen molar-refractivity contribution in [2.45, 2.75) is 12.5 Å². The molecule has 6 heteroatoms. The minimum Gasteiger partial charge on any atom is -0.388 e. The van der Waals surface area contributed by atoms with E-state index < -0.39 is 12.1 Å². The number of rotatable bonds is 5. The number of anilines is 1. The molecule has 1 atom stereocenters. The molecule has 1 unspecified atom stereocenters. The van der Waals surface area contributed by atoms with Crippen molar-refractivity contribution < 1.29 is 9.90 Å². The fourth-order valence-corrected chi connectivity index (χ4v) is 2.25. The van der Waals surface area contributed by atoms with Crippen molar-refractivity contribution in [3.8, 4) is 6.07 Å². The SMILES string of the molecule is N#Cc1ccc(NC(=O)NCCC(O)c2ccccc2)cc1Cl. The minimum absolute atomic E-state index is 0.282. The van der Waals surface area contributed by atoms with Crippen LogP contribution in [0.25, 0.3) is 0 Å². The third-order valence-corrected chi connectivity index (χ3v) is 3.55. The molecule has 0 spiro atoms. The van der Waals surface area contributed by atoms with Gasteiger partial charge in [-0.1, -0.05) is 41.9 Å². The molecule has 23 heavy (non-hydrogen) atoms. The zero-order valence-electron chi connectivity index (χ0n) is 12.3. The standard InChI is InChI=1S/C17H16ClN3O2/c18-15-10-14(7-6-13(15)11-19)21-17(23)20-9-8-16(22)12-4-2-1-3-5-12/h1-7,10,16,22H,8-9H2,(H2,20,21,23). The predicted molar refractivity (Wildman–Crippen MR) is 89.2 cm³/mol. The Bertz CT molecular complexity index is 714. The largest absolute Gasteiger partial charge is 0.388 e. The van der Waals surface area contributed by atoms with Crippen LogP contribution >= 0.6 is 11.6 Å². The number of urea groups is 1. The molecule has 0 aliphatic heterocycles. The van der Waals surface area contributed by atoms with Crippen LogP contribution in [-0.2, 0) is 0 Å². The van der Waals surface area contributed by atoms with Crippen LogP contribution in [0.3, 0.4) is 0 Å². The average molecular weight is 330 g/mol. The maximum absolute atomic E-state index is 11.8. The van der Waals surface area contributed by atoms with E-state index in [1.165, 1.54) is 12.1 Å². The smallest absolute Gasteiger partial charge is 0.319 e. The molecule has 0 fully saturated rings. The molecule has 0 aliphatic rings. The average Bonchev–Trinajstić information content (AvgIpc) is 2.55. The van der Waals surface area contributed by atoms with Crippen molar-refractivity contribution in [3.63, 3.8) is 0 Å². The van der Waals surface area contributed by atoms with Gasteiger partial charge in [0.05, 0.1) is 16.7 Å². The molecule has 2 amide bonds. The molecule has 5 nitrogen and oxygen atoms in total. The third-order valence-electron chi connectivity index (χ3n) is 3.24. The number of carbonyl (C=O) groups excluding carboxylic acids is 1. The molecular weight excluding hydrogens is 314 g/mol. The molecule has 3 N–H and O–H groups in total. The van der Waals surface area contributed by atoms with Crippen LogP contribution < -0.4 is 10.6 Å². The van der Waals surface area contributed by atoms with Gasteiger partial charge < -0.3 is 15.7 Å². The van der Waals surface area contributed by atoms with Crippen molar-refractivity contribution in [1.82, 2.24) is 5.32 Å². The summed E-state index contributed by atoms with van der Waals surface area (Å²) in [6.45, 7) is 0.325. The van der Waals surface area contributed by atoms with E-state index in [2.05, 4.69) is 10.6 Å². The fraction of sp³-hybridized carbons (Fsp3) is 0.176. The maximum atomic E-state index is 11.8. The summed E-state index contributed by atoms with van der Waals surface area (Å²) in [7, 11) is 0. The summed E-state index contributed by atoms with van der Waals surface area (Å²) in [4.78, 5) is 11.8. The van der Waals surface area contributed by atoms with Crippen LogP contribution in [0.1, 0.15) is 23.7 Å². The van der Waals surface area contributed by atoms with Crippen LogP contribution in [0.15, 0.2) is 48.5 Å². The predicted octanol–water partition coefficient (Wildman–Crippen LogP) is 3.46. The second kappa shape index (κ2) is 8.18. The van der Waals surface area contributed by atoms with E-state index >= 15 is 0 Å². The Labute approximate surface area is 139 Å². The molecule has 0 bridgehead atoms. The van der Waals surface area contributed by atoms with Crippen molar-refractivity contribution in [2.24, 2.45) is 0 Å². The number of nitrogens with one attached hydrogen (secondary N) is 2. The van der Waals surface area contributed by atoms with Crippen LogP contribution in [0.2, 0.25) is 5.02 Å². The Kier molecular flexibility index (Phi) is 5.98. The highest BCUT2D eigenvalue weighted by atomic mass is 35.5. The van der Waals surface area contributed by atoms with Gasteiger partial charge in [-0.2, -0.15) is 5.26 Å². The summed E-state index contributed by atoms with van der Waals surface area (Å²) in [5.41, 5.74) is 1.66. The van der Waals surface area contributed by atoms with E-state index in [1.54, 1.807) is 6.07 Å². The number of hydrogen-bond acceptors (Lipinski definition) is 3. The van der Waals surface area contributed by atoms with E-state index in [9.17, 15) is 9.90 Å². The highest BCUT2D eigenvalue weighted by Gasteiger charge is 2.08. The van der Waals surface area contributed by atoms with Gasteiger partial charge in [0.15, 0.2) is 0 Å². The van der Waals surface area contributed by atoms with Gasteiger partial charge >= 0.3 is 6.03 Å². The van der Waals surface area contributed by atoms with Crippen LogP contribution in [0.4, 0.5) is 10.5 Å². The van der Waals surface area contributed by atoms with E-state index in [0.717, 1.165) is 5.56 Å². The quantitative estimate of drug-likeness (QED) is 0.785. The molecule has 2 rings (SSSR count). The van der Waals surface area contributed by atoms with E-state index in [1.807, 2.05) is 36.4 Å². The number of nitrogens with zero attached hydrogens (tertiary/aromatic N) is 1. The Morgan fingerprint density at radius 2 is 2.00 bits per heavy atom. The fourth-order valence-electron chi connectivity index (χ4n) is 2.02. The number of nitriles is 1. The van der Waals surface area contributed by atoms with Crippen molar-refractivity contribution in [1.29, 1.82) is 5.26 Å². The first kappa shape index (κ1) is 16.8. The number of amides is 2. The summed E-state index contributed by atoms with van der Waals surface area (Å²) in [5, 5.41) is 24.4. The molecule has 2 aromatic carbocycles. The monoisotopic (exact) mass is 329 g/mol. The zero-order chi connectivity index (χ0) is 16.7. The first-order valence-electron chi connectivity index (χ1n) is 7.07. The Morgan fingerprint density at radius 3 is 2.65 bits per heavy atom. The molecular formula is C17H16ClN3O2. The first-order chi connectivity index (χ1) is 11.1. The minimum atomic E-state index is -0.624. The van der Waals surface area contributed by atoms with E-state index in [0.29, 0.717) is 24.2 Å². The second-order valence-corrected chi connectivity index (χ2v) is 5.31. The van der Waals surface area contributed by atoms with Gasteiger partial charge in [0, 0.05) is 12.2 Å². The lowest BCUT2D eigenvalue weighted by Crippen LogP contribution is -2.30. The number of carbonyl (C=O) groups is 1. The van der Waals surface area contributed by atoms with E-state index in [-0.39, 0.29) is 5.02 Å². The Balaban J connectivity index is 1.79. The number of aliphatic hydroxyl groups excluding tert-OH is 1. The van der Waals surface area contributed by atoms with Gasteiger partial charge in [0.2, 0.25) is 0 Å². The Morgan fingerprint density at radius 1 is 1.26 bits per heavy atom. The highest BCUT2D eigenvalue weighted by molar-refractivity contribution is 6.32. The number of benzene rings is 2.